The Balaban J connectivity index is 0.00000261. The minimum Gasteiger partial charge on any atom is -1.00 e. The van der Waals surface area contributed by atoms with Gasteiger partial charge in [0, 0.05) is 0 Å². The summed E-state index contributed by atoms with van der Waals surface area (Å²) in [5.74, 6) is 0. The zero-order chi connectivity index (χ0) is 18.2. The first kappa shape index (κ1) is 22.2. The maximum Gasteiger partial charge on any atom is -1.00 e. The second kappa shape index (κ2) is 11.1. The van der Waals surface area contributed by atoms with Gasteiger partial charge in [-0.25, -0.2) is 0 Å². The van der Waals surface area contributed by atoms with Crippen molar-refractivity contribution in [1.82, 2.24) is 0 Å². The molecule has 0 spiro atoms. The van der Waals surface area contributed by atoms with E-state index in [1.165, 1.54) is 25.7 Å². The van der Waals surface area contributed by atoms with Crippen molar-refractivity contribution in [3.63, 3.8) is 0 Å². The molecule has 0 bridgehead atoms. The summed E-state index contributed by atoms with van der Waals surface area (Å²) in [7, 11) is 0. The first-order chi connectivity index (χ1) is 12.8. The Morgan fingerprint density at radius 2 is 1.00 bits per heavy atom. The summed E-state index contributed by atoms with van der Waals surface area (Å²) < 4.78 is 5.37. The topological polar surface area (TPSA) is 0 Å². The van der Waals surface area contributed by atoms with Crippen LogP contribution in [0.2, 0.25) is 4.71 Å². The molecule has 0 radical (unpaired) electrons. The zero-order valence-corrected chi connectivity index (χ0v) is 20.4. The third-order valence-electron chi connectivity index (χ3n) is 5.38. The number of rotatable bonds is 8. The number of hydrogen-bond acceptors (Lipinski definition) is 0. The molecule has 0 aliphatic rings. The molecule has 142 valence electrons. The molecule has 3 rings (SSSR count). The van der Waals surface area contributed by atoms with E-state index in [1.54, 1.807) is 13.1 Å². The Hall–Kier alpha value is -1.05. The molecule has 27 heavy (non-hydrogen) atoms. The standard InChI is InChI=1S/C25H30As.HI/c1-3-4-8-15-22(2)26(23-16-9-5-10-17-23,24-18-11-6-12-19-24)25-20-13-7-14-21-25;/h5-7,9-14,16-22H,3-4,8,15H2,1-2H3;1H/q+1;/p-1. The molecule has 3 aromatic carbocycles. The van der Waals surface area contributed by atoms with E-state index in [0.717, 1.165) is 0 Å². The number of benzene rings is 3. The van der Waals surface area contributed by atoms with Gasteiger partial charge in [-0.3, -0.25) is 0 Å². The first-order valence-electron chi connectivity index (χ1n) is 9.85. The molecule has 0 fully saturated rings. The first-order valence-corrected chi connectivity index (χ1v) is 13.8. The molecule has 1 unspecified atom stereocenters. The number of hydrogen-bond donors (Lipinski definition) is 0. The Kier molecular flexibility index (Phi) is 9.12. The van der Waals surface area contributed by atoms with Crippen LogP contribution in [-0.4, -0.2) is 13.6 Å². The summed E-state index contributed by atoms with van der Waals surface area (Å²) in [4.78, 5) is 0. The summed E-state index contributed by atoms with van der Waals surface area (Å²) in [5, 5.41) is 0. The predicted molar refractivity (Wildman–Crippen MR) is 118 cm³/mol. The predicted octanol–water partition coefficient (Wildman–Crippen LogP) is 2.13. The fraction of sp³-hybridized carbons (Fsp3) is 0.280. The van der Waals surface area contributed by atoms with Crippen molar-refractivity contribution in [2.75, 3.05) is 0 Å². The molecule has 0 nitrogen and oxygen atoms in total. The molecule has 0 aromatic heterocycles. The van der Waals surface area contributed by atoms with Gasteiger partial charge in [-0.2, -0.15) is 0 Å². The van der Waals surface area contributed by atoms with E-state index in [4.69, 9.17) is 0 Å². The van der Waals surface area contributed by atoms with Gasteiger partial charge >= 0.3 is 162 Å². The molecule has 1 atom stereocenters. The Labute approximate surface area is 184 Å². The molecule has 0 aliphatic carbocycles. The SMILES string of the molecule is CCCCCC(C)[As+](c1ccccc1)(c1ccccc1)c1ccccc1.[I-]. The van der Waals surface area contributed by atoms with Crippen LogP contribution in [0.5, 0.6) is 0 Å². The Morgan fingerprint density at radius 1 is 0.630 bits per heavy atom. The van der Waals surface area contributed by atoms with Gasteiger partial charge in [0.15, 0.2) is 0 Å². The van der Waals surface area contributed by atoms with Crippen molar-refractivity contribution < 1.29 is 24.0 Å². The van der Waals surface area contributed by atoms with Crippen molar-refractivity contribution in [3.05, 3.63) is 91.0 Å². The van der Waals surface area contributed by atoms with Gasteiger partial charge in [-0.1, -0.05) is 0 Å². The van der Waals surface area contributed by atoms with Gasteiger partial charge in [-0.15, -0.1) is 0 Å². The van der Waals surface area contributed by atoms with Crippen LogP contribution in [0.15, 0.2) is 91.0 Å². The molecular weight excluding hydrogens is 502 g/mol. The van der Waals surface area contributed by atoms with E-state index in [1.807, 2.05) is 0 Å². The van der Waals surface area contributed by atoms with Gasteiger partial charge in [0.1, 0.15) is 0 Å². The van der Waals surface area contributed by atoms with E-state index < -0.39 is 13.6 Å². The van der Waals surface area contributed by atoms with E-state index >= 15 is 0 Å². The van der Waals surface area contributed by atoms with E-state index in [0.29, 0.717) is 4.71 Å². The van der Waals surface area contributed by atoms with E-state index in [-0.39, 0.29) is 24.0 Å². The number of unbranched alkanes of at least 4 members (excludes halogenated alkanes) is 2. The average Bonchev–Trinajstić information content (AvgIpc) is 2.71. The summed E-state index contributed by atoms with van der Waals surface area (Å²) >= 11 is -2.54. The van der Waals surface area contributed by atoms with Gasteiger partial charge in [-0.05, 0) is 0 Å². The normalized spacial score (nSPS) is 12.2. The van der Waals surface area contributed by atoms with Gasteiger partial charge in [0.25, 0.3) is 0 Å². The van der Waals surface area contributed by atoms with Crippen LogP contribution < -0.4 is 37.0 Å². The van der Waals surface area contributed by atoms with E-state index in [9.17, 15) is 0 Å². The quantitative estimate of drug-likeness (QED) is 0.237. The Bertz CT molecular complexity index is 675. The van der Waals surface area contributed by atoms with Crippen LogP contribution in [0.1, 0.15) is 39.5 Å². The molecule has 3 aromatic rings. The third-order valence-corrected chi connectivity index (χ3v) is 15.7. The third kappa shape index (κ3) is 4.87. The maximum atomic E-state index is 2.51. The molecule has 0 N–H and O–H groups in total. The molecule has 0 aliphatic heterocycles. The summed E-state index contributed by atoms with van der Waals surface area (Å²) in [6.45, 7) is 4.80. The van der Waals surface area contributed by atoms with Crippen molar-refractivity contribution in [3.8, 4) is 0 Å². The van der Waals surface area contributed by atoms with Crippen LogP contribution in [0, 0.1) is 0 Å². The van der Waals surface area contributed by atoms with E-state index in [2.05, 4.69) is 105 Å². The Morgan fingerprint density at radius 3 is 1.33 bits per heavy atom. The molecule has 2 heteroatoms. The smallest absolute Gasteiger partial charge is 1.00 e. The summed E-state index contributed by atoms with van der Waals surface area (Å²) in [6, 6.07) is 34.0. The van der Waals surface area contributed by atoms with Gasteiger partial charge in [0.05, 0.1) is 0 Å². The fourth-order valence-corrected chi connectivity index (χ4v) is 14.4. The van der Waals surface area contributed by atoms with Crippen LogP contribution >= 0.6 is 0 Å². The molecule has 0 amide bonds. The van der Waals surface area contributed by atoms with Crippen molar-refractivity contribution in [2.45, 2.75) is 44.2 Å². The van der Waals surface area contributed by atoms with Crippen molar-refractivity contribution in [1.29, 1.82) is 0 Å². The fourth-order valence-electron chi connectivity index (χ4n) is 4.08. The van der Waals surface area contributed by atoms with Crippen LogP contribution in [0.3, 0.4) is 0 Å². The second-order valence-electron chi connectivity index (χ2n) is 7.07. The minimum atomic E-state index is -2.54. The second-order valence-corrected chi connectivity index (χ2v) is 15.2. The number of halogens is 1. The molecule has 0 heterocycles. The molecular formula is C25H30AsI. The van der Waals surface area contributed by atoms with Crippen LogP contribution in [0.25, 0.3) is 0 Å². The van der Waals surface area contributed by atoms with Gasteiger partial charge < -0.3 is 24.0 Å². The van der Waals surface area contributed by atoms with Crippen molar-refractivity contribution in [2.24, 2.45) is 0 Å². The molecule has 0 saturated carbocycles. The largest absolute Gasteiger partial charge is 1.00 e. The van der Waals surface area contributed by atoms with Gasteiger partial charge in [0.2, 0.25) is 0 Å². The average molecular weight is 532 g/mol. The zero-order valence-electron chi connectivity index (χ0n) is 16.4. The molecule has 0 saturated heterocycles. The maximum absolute atomic E-state index is 2.54. The summed E-state index contributed by atoms with van der Waals surface area (Å²) in [5.41, 5.74) is 0. The monoisotopic (exact) mass is 532 g/mol. The van der Waals surface area contributed by atoms with Crippen LogP contribution in [-0.2, 0) is 0 Å². The minimum absolute atomic E-state index is 0. The summed E-state index contributed by atoms with van der Waals surface area (Å²) in [6.07, 6.45) is 5.25. The van der Waals surface area contributed by atoms with Crippen molar-refractivity contribution >= 4 is 26.6 Å². The van der Waals surface area contributed by atoms with Crippen LogP contribution in [0.4, 0.5) is 0 Å².